The second kappa shape index (κ2) is 52.1. The lowest BCUT2D eigenvalue weighted by Gasteiger charge is -2.52. The number of carbonyl (C=O) groups excluding carboxylic acids is 3. The number of aliphatic hydroxyl groups is 20. The van der Waals surface area contributed by atoms with Crippen LogP contribution in [-0.2, 0) is 87.6 Å². The average Bonchev–Trinajstić information content (AvgIpc) is 0.999. The van der Waals surface area contributed by atoms with E-state index in [1.165, 1.54) is 73.1 Å². The molecule has 0 saturated carbocycles. The van der Waals surface area contributed by atoms with Crippen molar-refractivity contribution < 1.29 is 207 Å². The van der Waals surface area contributed by atoms with Gasteiger partial charge in [0.25, 0.3) is 5.91 Å². The molecule has 0 spiro atoms. The van der Waals surface area contributed by atoms with Gasteiger partial charge in [-0.2, -0.15) is 4.73 Å². The number of nitrogens with zero attached hydrogens (tertiary/aromatic N) is 2. The smallest absolute Gasteiger partial charge is 0.404 e. The van der Waals surface area contributed by atoms with E-state index in [1.807, 2.05) is 0 Å². The number of nitrogens with one attached hydrogen (secondary N) is 1. The van der Waals surface area contributed by atoms with E-state index in [0.717, 1.165) is 18.3 Å². The molecule has 47 nitrogen and oxygen atoms in total. The molecular formula is C96H154Cl3N5O42. The second-order valence-electron chi connectivity index (χ2n) is 41.7. The van der Waals surface area contributed by atoms with Crippen molar-refractivity contribution in [3.05, 3.63) is 61.8 Å². The number of carboxylic acids is 1. The highest BCUT2D eigenvalue weighted by Crippen LogP contribution is 2.47. The third-order valence-electron chi connectivity index (χ3n) is 30.9. The molecule has 9 aliphatic rings. The van der Waals surface area contributed by atoms with Crippen molar-refractivity contribution in [2.75, 3.05) is 5.73 Å². The van der Waals surface area contributed by atoms with E-state index >= 15 is 0 Å². The van der Waals surface area contributed by atoms with E-state index in [9.17, 15) is 132 Å². The molecule has 146 heavy (non-hydrogen) atoms. The number of anilines is 1. The summed E-state index contributed by atoms with van der Waals surface area (Å²) in [4.78, 5) is 54.4. The number of hydrogen-bond donors (Lipinski definition) is 24. The minimum Gasteiger partial charge on any atom is -0.618 e. The summed E-state index contributed by atoms with van der Waals surface area (Å²) in [6.07, 6.45) is -62.4. The highest BCUT2D eigenvalue weighted by molar-refractivity contribution is 6.49. The van der Waals surface area contributed by atoms with E-state index in [0.29, 0.717) is 0 Å². The van der Waals surface area contributed by atoms with Crippen LogP contribution in [0.3, 0.4) is 0 Å². The van der Waals surface area contributed by atoms with Gasteiger partial charge in [0.1, 0.15) is 102 Å². The Bertz CT molecular complexity index is 4520. The highest BCUT2D eigenvalue weighted by Gasteiger charge is 2.60. The molecule has 8 fully saturated rings. The molecule has 836 valence electrons. The Morgan fingerprint density at radius 1 is 0.548 bits per heavy atom. The van der Waals surface area contributed by atoms with Gasteiger partial charge in [0.2, 0.25) is 0 Å². The summed E-state index contributed by atoms with van der Waals surface area (Å²) in [5.74, 6) is -14.6. The molecule has 9 aliphatic heterocycles. The van der Waals surface area contributed by atoms with Crippen molar-refractivity contribution in [2.45, 2.75) is 462 Å². The van der Waals surface area contributed by atoms with Crippen molar-refractivity contribution in [3.63, 3.8) is 0 Å². The number of ether oxygens (including phenoxy) is 16. The summed E-state index contributed by atoms with van der Waals surface area (Å²) in [5, 5.41) is 259. The quantitative estimate of drug-likeness (QED) is 0.0259. The van der Waals surface area contributed by atoms with Gasteiger partial charge >= 0.3 is 23.6 Å². The first-order valence-electron chi connectivity index (χ1n) is 50.3. The van der Waals surface area contributed by atoms with Gasteiger partial charge < -0.3 is 210 Å². The lowest BCUT2D eigenvalue weighted by Crippen LogP contribution is -2.67. The Balaban J connectivity index is 0.829. The van der Waals surface area contributed by atoms with Gasteiger partial charge in [-0.05, 0) is 112 Å². The average molecular weight is 2160 g/mol. The number of aromatic nitrogens is 2. The van der Waals surface area contributed by atoms with Gasteiger partial charge in [0, 0.05) is 86.8 Å². The van der Waals surface area contributed by atoms with Gasteiger partial charge in [0.05, 0.1) is 162 Å². The Morgan fingerprint density at radius 3 is 1.77 bits per heavy atom. The van der Waals surface area contributed by atoms with Crippen LogP contribution in [0.2, 0.25) is 15.2 Å². The van der Waals surface area contributed by atoms with Crippen LogP contribution in [0.5, 0.6) is 0 Å². The highest BCUT2D eigenvalue weighted by atomic mass is 35.5. The Kier molecular flexibility index (Phi) is 43.3. The predicted octanol–water partition coefficient (Wildman–Crippen LogP) is -1.54. The summed E-state index contributed by atoms with van der Waals surface area (Å²) in [6, 6.07) is -1.23. The van der Waals surface area contributed by atoms with Crippen LogP contribution in [0.15, 0.2) is 24.4 Å². The SMILES string of the molecule is CC1CCC(O)CC(O)CC(O)CC=CC(=O)OC(C(C)C(O)C(C)C(O)C(C)C(C)O[C@H]2C[C@@H](OC(=O)c3cc[n+]([O-])c(C(=O)O)c3N)[C@H](NC(=O)c3c(Cl)c(Cl)c(Cl)n3C)[C@@H](C)O2)C(C)C2OC2C(O)CCCC(O)C(C)C(O)CC(O)C(C)[C@H]2C[C@H](O)[C@@H](O)[C@@](O)(CC1O[C@@H]1O[C@H](C)[C@@H](O[C@@H]3O[C@H](C)[C@@H](O)[C@H](O[C@H]4C[C@@H](O)[C@H](O)[C@@H](C)O4)[C@H]3O)[C@H](O[C@H]3C[C@@H](O)[C@H](N)[C@@H](C)O3)[C@H]1O[C@@H]1O[C@H](C)[C@@H](O)[C@H](O)[C@H]1O)O2. The fraction of sp³-hybridized carbons (Fsp3) is 0.844. The number of carboxylic acid groups (broad SMARTS) is 1. The van der Waals surface area contributed by atoms with Crippen molar-refractivity contribution in [1.82, 2.24) is 9.88 Å². The molecule has 1 amide bonds. The zero-order valence-electron chi connectivity index (χ0n) is 84.3. The molecule has 0 aromatic carbocycles. The maximum absolute atomic E-state index is 14.3. The zero-order chi connectivity index (χ0) is 108. The van der Waals surface area contributed by atoms with Crippen LogP contribution in [0.1, 0.15) is 218 Å². The molecule has 8 saturated heterocycles. The number of rotatable bonds is 23. The number of aliphatic hydroxyl groups excluding tert-OH is 19. The number of nitrogens with two attached hydrogens (primary N) is 2. The lowest BCUT2D eigenvalue weighted by atomic mass is 9.77. The molecule has 21 unspecified atom stereocenters. The molecule has 2 bridgehead atoms. The standard InChI is InChI=1S/C96H154Cl3N5O42/c1-34-22-23-49(106)27-50(107)26-48(105)18-16-21-62(115)140-81(39(6)74(117)38(5)73(116)35(2)41(8)131-65-32-60(138-92(128)51-24-25-104(130)72(69(51)101)91(126)127)70(43(10)133-65)102-90(125)71-66(97)67(98)89(99)103(71)15)40(7)82-84(143-82)53(109)20-17-19-52(108)36(3)54(110)28-55(111)37(4)59-29-58(114)88(124)96(129,146-59)33-61(34)139-95-87(145-93-79(122)78(121)76(119)45(12)135-93)86(142-63-30-56(112)68(100)42(9)132-63)83(47(14)137-95)144-94-80(123)85(77(120)46(13)136-94)141-64-31-57(113)75(118)44(11)134-64/h16,21,24-25,34-50,52-61,63-65,68,70,73-88,93-95,105-114,116-124,129H,17-20,22-23,26-33,100-101H2,1-15H3,(H,102,125)(H,126,127)/t34?,35?,36?,37?,38?,39?,40?,41?,42-,43-,44-,45-,46-,47-,48?,49?,50?,52?,53?,54?,55?,56-,57-,58+,59-,60-,61?,63+,64+,65-,68-,70-,73?,74?,75-,76-,77-,78+,79-,80-,81?,82?,83-,84?,85+,86+,87-,88-,93+,94+,95+,96-/m1/s1. The normalized spacial score (nSPS) is 44.1. The molecule has 11 heterocycles. The minimum atomic E-state index is -2.87. The monoisotopic (exact) mass is 2150 g/mol. The van der Waals surface area contributed by atoms with Crippen molar-refractivity contribution in [2.24, 2.45) is 54.2 Å². The zero-order valence-corrected chi connectivity index (χ0v) is 86.6. The molecule has 26 N–H and O–H groups in total. The first-order chi connectivity index (χ1) is 68.3. The van der Waals surface area contributed by atoms with Gasteiger partial charge in [-0.25, -0.2) is 14.4 Å². The van der Waals surface area contributed by atoms with E-state index in [4.69, 9.17) is 122 Å². The van der Waals surface area contributed by atoms with Crippen LogP contribution >= 0.6 is 34.8 Å². The fourth-order valence-electron chi connectivity index (χ4n) is 20.9. The summed E-state index contributed by atoms with van der Waals surface area (Å²) < 4.78 is 103. The number of cyclic esters (lactones) is 1. The number of esters is 2. The fourth-order valence-corrected chi connectivity index (χ4v) is 21.6. The number of amides is 1. The van der Waals surface area contributed by atoms with Crippen molar-refractivity contribution in [3.8, 4) is 0 Å². The molecule has 0 radical (unpaired) electrons. The molecule has 0 aliphatic carbocycles. The summed E-state index contributed by atoms with van der Waals surface area (Å²) in [6.45, 7) is 21.4. The van der Waals surface area contributed by atoms with Crippen molar-refractivity contribution in [1.29, 1.82) is 0 Å². The van der Waals surface area contributed by atoms with Crippen molar-refractivity contribution >= 4 is 64.3 Å². The van der Waals surface area contributed by atoms with Gasteiger partial charge in [-0.15, -0.1) is 0 Å². The Hall–Kier alpha value is -4.88. The largest absolute Gasteiger partial charge is 0.618 e. The molecule has 50 heteroatoms. The predicted molar refractivity (Wildman–Crippen MR) is 507 cm³/mol. The summed E-state index contributed by atoms with van der Waals surface area (Å²) in [7, 11) is 1.42. The number of aromatic carboxylic acids is 1. The summed E-state index contributed by atoms with van der Waals surface area (Å²) in [5.41, 5.74) is 10.0. The van der Waals surface area contributed by atoms with E-state index in [2.05, 4.69) is 5.32 Å². The topological polar surface area (TPSA) is 740 Å². The van der Waals surface area contributed by atoms with E-state index < -0.39 is 383 Å². The third kappa shape index (κ3) is 28.9. The Labute approximate surface area is 860 Å². The number of halogens is 3. The number of hydrogen-bond acceptors (Lipinski definition) is 43. The van der Waals surface area contributed by atoms with E-state index in [1.54, 1.807) is 41.5 Å². The number of epoxide rings is 1. The van der Waals surface area contributed by atoms with Gasteiger partial charge in [-0.1, -0.05) is 89.3 Å². The van der Waals surface area contributed by atoms with Crippen LogP contribution in [-0.4, -0.2) is 411 Å². The van der Waals surface area contributed by atoms with Crippen LogP contribution in [0.25, 0.3) is 0 Å². The number of pyridine rings is 1. The minimum absolute atomic E-state index is 0.00719. The lowest BCUT2D eigenvalue weighted by molar-refractivity contribution is -0.607. The van der Waals surface area contributed by atoms with Gasteiger partial charge in [-0.3, -0.25) is 4.79 Å². The maximum Gasteiger partial charge on any atom is 0.404 e. The molecular weight excluding hydrogens is 2000 g/mol. The third-order valence-corrected chi connectivity index (χ3v) is 32.3. The molecule has 2 aromatic heterocycles. The van der Waals surface area contributed by atoms with Crippen LogP contribution in [0, 0.1) is 46.6 Å². The second-order valence-corrected chi connectivity index (χ2v) is 42.8. The van der Waals surface area contributed by atoms with Crippen LogP contribution < -0.4 is 21.5 Å². The number of fused-ring (bicyclic) bond motifs is 3. The van der Waals surface area contributed by atoms with Gasteiger partial charge in [0.15, 0.2) is 49.7 Å². The number of carbonyl (C=O) groups is 4. The molecule has 2 aromatic rings. The summed E-state index contributed by atoms with van der Waals surface area (Å²) >= 11 is 19.1. The maximum atomic E-state index is 14.3. The van der Waals surface area contributed by atoms with E-state index in [-0.39, 0.29) is 89.8 Å². The first kappa shape index (κ1) is 121. The first-order valence-corrected chi connectivity index (χ1v) is 51.4. The molecule has 11 rings (SSSR count). The molecule has 52 atom stereocenters. The van der Waals surface area contributed by atoms with Crippen LogP contribution in [0.4, 0.5) is 5.69 Å². The number of nitrogen functional groups attached to an aromatic ring is 1. The Morgan fingerprint density at radius 2 is 1.14 bits per heavy atom.